The zero-order valence-electron chi connectivity index (χ0n) is 10.4. The molecule has 0 bridgehead atoms. The first-order chi connectivity index (χ1) is 8.36. The highest BCUT2D eigenvalue weighted by Gasteiger charge is 2.41. The van der Waals surface area contributed by atoms with E-state index in [1.807, 2.05) is 6.26 Å². The van der Waals surface area contributed by atoms with Gasteiger partial charge in [-0.15, -0.1) is 0 Å². The van der Waals surface area contributed by atoms with Crippen LogP contribution in [0, 0.1) is 5.82 Å². The first-order valence-corrected chi connectivity index (χ1v) is 8.77. The van der Waals surface area contributed by atoms with E-state index in [0.717, 1.165) is 19.1 Å². The molecule has 0 amide bonds. The van der Waals surface area contributed by atoms with E-state index >= 15 is 0 Å². The van der Waals surface area contributed by atoms with Crippen LogP contribution < -0.4 is 5.32 Å². The van der Waals surface area contributed by atoms with Crippen LogP contribution >= 0.6 is 11.8 Å². The Labute approximate surface area is 111 Å². The summed E-state index contributed by atoms with van der Waals surface area (Å²) in [6.45, 7) is 0.665. The van der Waals surface area contributed by atoms with Crippen molar-refractivity contribution in [3.05, 3.63) is 24.0 Å². The van der Waals surface area contributed by atoms with Gasteiger partial charge in [-0.3, -0.25) is 0 Å². The highest BCUT2D eigenvalue weighted by atomic mass is 32.2. The third-order valence-electron chi connectivity index (χ3n) is 3.21. The molecule has 0 radical (unpaired) electrons. The second-order valence-electron chi connectivity index (χ2n) is 4.65. The molecular formula is C12H16FNO2S2. The lowest BCUT2D eigenvalue weighted by molar-refractivity contribution is 0.600. The van der Waals surface area contributed by atoms with Crippen LogP contribution in [0.2, 0.25) is 0 Å². The maximum atomic E-state index is 13.6. The Morgan fingerprint density at radius 1 is 1.44 bits per heavy atom. The molecule has 1 fully saturated rings. The highest BCUT2D eigenvalue weighted by molar-refractivity contribution is 8.00. The summed E-state index contributed by atoms with van der Waals surface area (Å²) in [7, 11) is -3.30. The van der Waals surface area contributed by atoms with Crippen molar-refractivity contribution in [2.45, 2.75) is 22.5 Å². The van der Waals surface area contributed by atoms with Crippen molar-refractivity contribution in [3.63, 3.8) is 0 Å². The lowest BCUT2D eigenvalue weighted by atomic mass is 10.3. The quantitative estimate of drug-likeness (QED) is 0.846. The number of rotatable bonds is 5. The second kappa shape index (κ2) is 4.74. The van der Waals surface area contributed by atoms with Gasteiger partial charge in [0.25, 0.3) is 0 Å². The molecule has 2 rings (SSSR count). The van der Waals surface area contributed by atoms with Crippen molar-refractivity contribution >= 4 is 27.3 Å². The molecule has 100 valence electrons. The van der Waals surface area contributed by atoms with E-state index in [9.17, 15) is 12.8 Å². The Morgan fingerprint density at radius 3 is 2.61 bits per heavy atom. The number of anilines is 1. The number of benzene rings is 1. The summed E-state index contributed by atoms with van der Waals surface area (Å²) >= 11 is 1.77. The first kappa shape index (κ1) is 13.7. The molecule has 0 spiro atoms. The molecular weight excluding hydrogens is 273 g/mol. The summed E-state index contributed by atoms with van der Waals surface area (Å²) < 4.78 is 36.6. The average Bonchev–Trinajstić information content (AvgIpc) is 3.07. The monoisotopic (exact) mass is 289 g/mol. The summed E-state index contributed by atoms with van der Waals surface area (Å²) in [5.41, 5.74) is 0.262. The van der Waals surface area contributed by atoms with E-state index < -0.39 is 15.7 Å². The van der Waals surface area contributed by atoms with Crippen molar-refractivity contribution in [1.82, 2.24) is 0 Å². The highest BCUT2D eigenvalue weighted by Crippen LogP contribution is 2.47. The Balaban J connectivity index is 2.17. The molecule has 1 aromatic rings. The smallest absolute Gasteiger partial charge is 0.175 e. The van der Waals surface area contributed by atoms with E-state index in [2.05, 4.69) is 5.32 Å². The lowest BCUT2D eigenvalue weighted by Crippen LogP contribution is -2.18. The first-order valence-electron chi connectivity index (χ1n) is 5.65. The zero-order valence-corrected chi connectivity index (χ0v) is 12.0. The Kier molecular flexibility index (Phi) is 3.60. The minimum atomic E-state index is -3.30. The Morgan fingerprint density at radius 2 is 2.11 bits per heavy atom. The van der Waals surface area contributed by atoms with E-state index in [0.29, 0.717) is 6.54 Å². The standard InChI is InChI=1S/C12H16FNO2S2/c1-17-12(5-6-12)8-14-11-7-9(18(2,15)16)3-4-10(11)13/h3-4,7,14H,5-6,8H2,1-2H3. The minimum absolute atomic E-state index is 0.139. The van der Waals surface area contributed by atoms with Crippen molar-refractivity contribution in [1.29, 1.82) is 0 Å². The van der Waals surface area contributed by atoms with Gasteiger partial charge in [0, 0.05) is 17.5 Å². The van der Waals surface area contributed by atoms with Gasteiger partial charge in [-0.1, -0.05) is 0 Å². The van der Waals surface area contributed by atoms with Gasteiger partial charge in [-0.25, -0.2) is 12.8 Å². The molecule has 1 aliphatic carbocycles. The molecule has 0 atom stereocenters. The molecule has 3 nitrogen and oxygen atoms in total. The van der Waals surface area contributed by atoms with Gasteiger partial charge in [0.2, 0.25) is 0 Å². The summed E-state index contributed by atoms with van der Waals surface area (Å²) in [6, 6.07) is 3.84. The molecule has 1 aliphatic rings. The van der Waals surface area contributed by atoms with Gasteiger partial charge < -0.3 is 5.32 Å². The Bertz CT molecular complexity index is 553. The van der Waals surface area contributed by atoms with Crippen LogP contribution in [0.25, 0.3) is 0 Å². The van der Waals surface area contributed by atoms with E-state index in [-0.39, 0.29) is 15.3 Å². The van der Waals surface area contributed by atoms with Crippen LogP contribution in [0.1, 0.15) is 12.8 Å². The van der Waals surface area contributed by atoms with Crippen molar-refractivity contribution in [2.75, 3.05) is 24.4 Å². The molecule has 0 saturated heterocycles. The van der Waals surface area contributed by atoms with Crippen LogP contribution in [0.15, 0.2) is 23.1 Å². The minimum Gasteiger partial charge on any atom is -0.381 e. The molecule has 6 heteroatoms. The molecule has 0 aromatic heterocycles. The van der Waals surface area contributed by atoms with Crippen LogP contribution in [0.5, 0.6) is 0 Å². The second-order valence-corrected chi connectivity index (χ2v) is 7.94. The van der Waals surface area contributed by atoms with E-state index in [4.69, 9.17) is 0 Å². The van der Waals surface area contributed by atoms with Crippen LogP contribution in [-0.4, -0.2) is 32.2 Å². The van der Waals surface area contributed by atoms with E-state index in [1.165, 1.54) is 18.2 Å². The molecule has 0 heterocycles. The molecule has 0 unspecified atom stereocenters. The fourth-order valence-corrected chi connectivity index (χ4v) is 3.09. The Hall–Kier alpha value is -0.750. The van der Waals surface area contributed by atoms with Gasteiger partial charge in [-0.2, -0.15) is 11.8 Å². The molecule has 1 saturated carbocycles. The van der Waals surface area contributed by atoms with Crippen LogP contribution in [0.4, 0.5) is 10.1 Å². The lowest BCUT2D eigenvalue weighted by Gasteiger charge is -2.15. The number of nitrogens with one attached hydrogen (secondary N) is 1. The number of hydrogen-bond acceptors (Lipinski definition) is 4. The number of halogens is 1. The third kappa shape index (κ3) is 2.98. The predicted molar refractivity (Wildman–Crippen MR) is 73.5 cm³/mol. The maximum absolute atomic E-state index is 13.6. The fraction of sp³-hybridized carbons (Fsp3) is 0.500. The zero-order chi connectivity index (χ0) is 13.4. The molecule has 1 aromatic carbocycles. The van der Waals surface area contributed by atoms with Crippen LogP contribution in [-0.2, 0) is 9.84 Å². The topological polar surface area (TPSA) is 46.2 Å². The average molecular weight is 289 g/mol. The maximum Gasteiger partial charge on any atom is 0.175 e. The van der Waals surface area contributed by atoms with Gasteiger partial charge in [0.1, 0.15) is 5.82 Å². The van der Waals surface area contributed by atoms with Gasteiger partial charge in [-0.05, 0) is 37.3 Å². The third-order valence-corrected chi connectivity index (χ3v) is 5.74. The summed E-state index contributed by atoms with van der Waals surface area (Å²) in [5.74, 6) is -0.417. The van der Waals surface area contributed by atoms with Crippen molar-refractivity contribution in [3.8, 4) is 0 Å². The molecule has 18 heavy (non-hydrogen) atoms. The largest absolute Gasteiger partial charge is 0.381 e. The number of hydrogen-bond donors (Lipinski definition) is 1. The predicted octanol–water partition coefficient (Wildman–Crippen LogP) is 2.54. The summed E-state index contributed by atoms with van der Waals surface area (Å²) in [4.78, 5) is 0.139. The SMILES string of the molecule is CSC1(CNc2cc(S(C)(=O)=O)ccc2F)CC1. The van der Waals surface area contributed by atoms with E-state index in [1.54, 1.807) is 11.8 Å². The summed E-state index contributed by atoms with van der Waals surface area (Å²) in [5, 5.41) is 3.02. The summed E-state index contributed by atoms with van der Waals surface area (Å²) in [6.07, 6.45) is 5.40. The van der Waals surface area contributed by atoms with Gasteiger partial charge in [0.15, 0.2) is 9.84 Å². The molecule has 0 aliphatic heterocycles. The normalized spacial score (nSPS) is 17.5. The van der Waals surface area contributed by atoms with Gasteiger partial charge in [0.05, 0.1) is 10.6 Å². The fourth-order valence-electron chi connectivity index (χ4n) is 1.72. The van der Waals surface area contributed by atoms with Gasteiger partial charge >= 0.3 is 0 Å². The van der Waals surface area contributed by atoms with Crippen LogP contribution in [0.3, 0.4) is 0 Å². The van der Waals surface area contributed by atoms with Crippen molar-refractivity contribution in [2.24, 2.45) is 0 Å². The number of thioether (sulfide) groups is 1. The molecule has 1 N–H and O–H groups in total. The number of sulfone groups is 1. The van der Waals surface area contributed by atoms with Crippen molar-refractivity contribution < 1.29 is 12.8 Å².